The summed E-state index contributed by atoms with van der Waals surface area (Å²) in [7, 11) is -3.75. The smallest absolute Gasteiger partial charge is 0.261 e. The largest absolute Gasteiger partial charge is 0.342 e. The molecule has 0 aliphatic heterocycles. The van der Waals surface area contributed by atoms with Crippen LogP contribution >= 0.6 is 0 Å². The van der Waals surface area contributed by atoms with Crippen molar-refractivity contribution in [1.82, 2.24) is 15.3 Å². The highest BCUT2D eigenvalue weighted by atomic mass is 32.2. The van der Waals surface area contributed by atoms with E-state index in [-0.39, 0.29) is 22.8 Å². The first-order valence-corrected chi connectivity index (χ1v) is 11.8. The van der Waals surface area contributed by atoms with Gasteiger partial charge < -0.3 is 10.3 Å². The Bertz CT molecular complexity index is 1300. The second-order valence-electron chi connectivity index (χ2n) is 7.83. The van der Waals surface area contributed by atoms with Crippen LogP contribution in [-0.4, -0.2) is 24.3 Å². The van der Waals surface area contributed by atoms with Gasteiger partial charge in [-0.3, -0.25) is 9.52 Å². The fourth-order valence-electron chi connectivity index (χ4n) is 3.40. The lowest BCUT2D eigenvalue weighted by Crippen LogP contribution is -2.32. The van der Waals surface area contributed by atoms with Gasteiger partial charge in [0.15, 0.2) is 0 Å². The number of aromatic nitrogens is 2. The van der Waals surface area contributed by atoms with Crippen LogP contribution < -0.4 is 10.0 Å². The molecule has 1 unspecified atom stereocenters. The quantitative estimate of drug-likeness (QED) is 0.387. The Kier molecular flexibility index (Phi) is 5.96. The van der Waals surface area contributed by atoms with Gasteiger partial charge >= 0.3 is 0 Å². The van der Waals surface area contributed by atoms with E-state index in [1.807, 2.05) is 38.1 Å². The van der Waals surface area contributed by atoms with Crippen molar-refractivity contribution < 1.29 is 13.2 Å². The lowest BCUT2D eigenvalue weighted by atomic mass is 10.0. The fourth-order valence-corrected chi connectivity index (χ4v) is 4.46. The van der Waals surface area contributed by atoms with Crippen molar-refractivity contribution in [2.45, 2.75) is 24.8 Å². The Morgan fingerprint density at radius 1 is 0.906 bits per heavy atom. The van der Waals surface area contributed by atoms with E-state index in [2.05, 4.69) is 20.0 Å². The summed E-state index contributed by atoms with van der Waals surface area (Å²) in [6, 6.07) is 21.9. The van der Waals surface area contributed by atoms with Gasteiger partial charge in [-0.25, -0.2) is 13.4 Å². The van der Waals surface area contributed by atoms with Crippen LogP contribution in [0.4, 0.5) is 5.69 Å². The van der Waals surface area contributed by atoms with Gasteiger partial charge in [0.25, 0.3) is 15.9 Å². The molecule has 1 amide bonds. The molecule has 0 bridgehead atoms. The first-order chi connectivity index (χ1) is 15.3. The number of nitrogens with one attached hydrogen (secondary N) is 3. The standard InChI is InChI=1S/C24H24N4O3S/c1-16(2)22(23-25-20-10-6-7-11-21(20)26-23)27-24(29)17-12-14-19(15-13-17)32(30,31)28-18-8-4-3-5-9-18/h3-16,22,28H,1-2H3,(H,25,26)(H,27,29). The first kappa shape index (κ1) is 21.6. The van der Waals surface area contributed by atoms with E-state index in [4.69, 9.17) is 0 Å². The predicted molar refractivity (Wildman–Crippen MR) is 125 cm³/mol. The number of nitrogens with zero attached hydrogens (tertiary/aromatic N) is 1. The summed E-state index contributed by atoms with van der Waals surface area (Å²) in [5, 5.41) is 3.01. The molecule has 0 aliphatic carbocycles. The summed E-state index contributed by atoms with van der Waals surface area (Å²) >= 11 is 0. The van der Waals surface area contributed by atoms with Crippen LogP contribution in [0.25, 0.3) is 11.0 Å². The Hall–Kier alpha value is -3.65. The lowest BCUT2D eigenvalue weighted by Gasteiger charge is -2.20. The van der Waals surface area contributed by atoms with Crippen LogP contribution in [0.15, 0.2) is 83.8 Å². The average molecular weight is 449 g/mol. The number of fused-ring (bicyclic) bond motifs is 1. The van der Waals surface area contributed by atoms with Crippen molar-refractivity contribution >= 4 is 32.7 Å². The first-order valence-electron chi connectivity index (χ1n) is 10.3. The van der Waals surface area contributed by atoms with Gasteiger partial charge in [0, 0.05) is 11.3 Å². The third kappa shape index (κ3) is 4.65. The van der Waals surface area contributed by atoms with Gasteiger partial charge in [-0.05, 0) is 54.4 Å². The molecule has 1 atom stereocenters. The second kappa shape index (κ2) is 8.84. The number of carbonyl (C=O) groups excluding carboxylic acids is 1. The number of hydrogen-bond donors (Lipinski definition) is 3. The zero-order valence-electron chi connectivity index (χ0n) is 17.7. The highest BCUT2D eigenvalue weighted by Gasteiger charge is 2.23. The molecule has 0 saturated carbocycles. The summed E-state index contributed by atoms with van der Waals surface area (Å²) < 4.78 is 27.7. The maximum absolute atomic E-state index is 12.9. The van der Waals surface area contributed by atoms with Gasteiger partial charge in [-0.15, -0.1) is 0 Å². The molecule has 4 aromatic rings. The maximum atomic E-state index is 12.9. The van der Waals surface area contributed by atoms with Crippen molar-refractivity contribution in [1.29, 1.82) is 0 Å². The van der Waals surface area contributed by atoms with E-state index in [1.165, 1.54) is 24.3 Å². The zero-order chi connectivity index (χ0) is 22.7. The van der Waals surface area contributed by atoms with Gasteiger partial charge in [-0.2, -0.15) is 0 Å². The van der Waals surface area contributed by atoms with Crippen molar-refractivity contribution in [3.8, 4) is 0 Å². The third-order valence-electron chi connectivity index (χ3n) is 5.11. The highest BCUT2D eigenvalue weighted by Crippen LogP contribution is 2.23. The number of aromatic amines is 1. The Morgan fingerprint density at radius 3 is 2.22 bits per heavy atom. The second-order valence-corrected chi connectivity index (χ2v) is 9.51. The van der Waals surface area contributed by atoms with Crippen LogP contribution in [0.1, 0.15) is 36.1 Å². The number of H-pyrrole nitrogens is 1. The van der Waals surface area contributed by atoms with Gasteiger partial charge in [0.05, 0.1) is 22.0 Å². The van der Waals surface area contributed by atoms with Crippen LogP contribution in [0.5, 0.6) is 0 Å². The molecule has 32 heavy (non-hydrogen) atoms. The van der Waals surface area contributed by atoms with E-state index < -0.39 is 10.0 Å². The number of carbonyl (C=O) groups is 1. The van der Waals surface area contributed by atoms with E-state index in [1.54, 1.807) is 30.3 Å². The molecule has 0 saturated heterocycles. The van der Waals surface area contributed by atoms with Crippen LogP contribution in [-0.2, 0) is 10.0 Å². The molecule has 0 radical (unpaired) electrons. The molecule has 1 heterocycles. The minimum atomic E-state index is -3.75. The number of sulfonamides is 1. The zero-order valence-corrected chi connectivity index (χ0v) is 18.6. The van der Waals surface area contributed by atoms with E-state index in [0.717, 1.165) is 11.0 Å². The minimum Gasteiger partial charge on any atom is -0.342 e. The number of para-hydroxylation sites is 3. The number of rotatable bonds is 7. The molecule has 0 fully saturated rings. The Balaban J connectivity index is 1.51. The summed E-state index contributed by atoms with van der Waals surface area (Å²) in [6.45, 7) is 4.01. The molecule has 7 nitrogen and oxygen atoms in total. The summed E-state index contributed by atoms with van der Waals surface area (Å²) in [6.07, 6.45) is 0. The predicted octanol–water partition coefficient (Wildman–Crippen LogP) is 4.49. The third-order valence-corrected chi connectivity index (χ3v) is 6.51. The number of imidazole rings is 1. The minimum absolute atomic E-state index is 0.0793. The normalized spacial score (nSPS) is 12.6. The molecule has 8 heteroatoms. The summed E-state index contributed by atoms with van der Waals surface area (Å²) in [5.41, 5.74) is 2.58. The average Bonchev–Trinajstić information content (AvgIpc) is 3.21. The highest BCUT2D eigenvalue weighted by molar-refractivity contribution is 7.92. The van der Waals surface area contributed by atoms with Gasteiger partial charge in [0.2, 0.25) is 0 Å². The van der Waals surface area contributed by atoms with Crippen molar-refractivity contribution in [3.05, 3.63) is 90.3 Å². The Morgan fingerprint density at radius 2 is 1.56 bits per heavy atom. The van der Waals surface area contributed by atoms with Crippen LogP contribution in [0.3, 0.4) is 0 Å². The molecule has 0 spiro atoms. The topological polar surface area (TPSA) is 104 Å². The summed E-state index contributed by atoms with van der Waals surface area (Å²) in [4.78, 5) is 20.8. The van der Waals surface area contributed by atoms with E-state index in [0.29, 0.717) is 17.1 Å². The summed E-state index contributed by atoms with van der Waals surface area (Å²) in [5.74, 6) is 0.471. The molecule has 1 aromatic heterocycles. The number of benzene rings is 3. The molecule has 3 N–H and O–H groups in total. The lowest BCUT2D eigenvalue weighted by molar-refractivity contribution is 0.0923. The number of amides is 1. The van der Waals surface area contributed by atoms with E-state index in [9.17, 15) is 13.2 Å². The molecular weight excluding hydrogens is 424 g/mol. The van der Waals surface area contributed by atoms with Crippen molar-refractivity contribution in [3.63, 3.8) is 0 Å². The van der Waals surface area contributed by atoms with Gasteiger partial charge in [-0.1, -0.05) is 44.2 Å². The van der Waals surface area contributed by atoms with Crippen LogP contribution in [0.2, 0.25) is 0 Å². The monoisotopic (exact) mass is 448 g/mol. The van der Waals surface area contributed by atoms with E-state index >= 15 is 0 Å². The Labute approximate surface area is 187 Å². The molecular formula is C24H24N4O3S. The molecule has 0 aliphatic rings. The fraction of sp³-hybridized carbons (Fsp3) is 0.167. The molecule has 164 valence electrons. The van der Waals surface area contributed by atoms with Crippen molar-refractivity contribution in [2.24, 2.45) is 5.92 Å². The molecule has 4 rings (SSSR count). The molecule has 3 aromatic carbocycles. The number of anilines is 1. The SMILES string of the molecule is CC(C)C(NC(=O)c1ccc(S(=O)(=O)Nc2ccccc2)cc1)c1nc2ccccc2[nH]1. The van der Waals surface area contributed by atoms with Gasteiger partial charge in [0.1, 0.15) is 5.82 Å². The van der Waals surface area contributed by atoms with Crippen molar-refractivity contribution in [2.75, 3.05) is 4.72 Å². The number of hydrogen-bond acceptors (Lipinski definition) is 4. The van der Waals surface area contributed by atoms with Crippen LogP contribution in [0, 0.1) is 5.92 Å². The maximum Gasteiger partial charge on any atom is 0.261 e.